The Morgan fingerprint density at radius 3 is 1.80 bits per heavy atom. The molecule has 0 saturated heterocycles. The lowest BCUT2D eigenvalue weighted by Gasteiger charge is -2.34. The van der Waals surface area contributed by atoms with Gasteiger partial charge in [-0.25, -0.2) is 4.98 Å². The fourth-order valence-electron chi connectivity index (χ4n) is 9.51. The second-order valence-electron chi connectivity index (χ2n) is 15.9. The Morgan fingerprint density at radius 2 is 1.08 bits per heavy atom. The zero-order valence-electron chi connectivity index (χ0n) is 38.7. The van der Waals surface area contributed by atoms with E-state index < -0.39 is 8.07 Å². The SMILES string of the molecule is [2H]c1c([2H])c(-c2nc(-c3ccccc3-c3cccc4oc5ccccc5c34)nc(-n3c4ccccc4c4cc(C#N)ccc43)n2)c([2H])c([Si](c2ccccc2)(c2ccccc2)c2ccccc2)c1[2H]. The fraction of sp³-hybridized carbons (Fsp3) is 0. The Hall–Kier alpha value is -8.70. The van der Waals surface area contributed by atoms with Gasteiger partial charge in [-0.2, -0.15) is 15.2 Å². The van der Waals surface area contributed by atoms with Gasteiger partial charge in [0, 0.05) is 32.7 Å². The molecule has 0 atom stereocenters. The topological polar surface area (TPSA) is 80.5 Å². The molecular formula is C58H37N5OSi. The third-order valence-electron chi connectivity index (χ3n) is 12.3. The lowest BCUT2D eigenvalue weighted by atomic mass is 9.95. The molecule has 65 heavy (non-hydrogen) atoms. The van der Waals surface area contributed by atoms with E-state index in [-0.39, 0.29) is 47.3 Å². The van der Waals surface area contributed by atoms with E-state index >= 15 is 0 Å². The van der Waals surface area contributed by atoms with Gasteiger partial charge in [0.2, 0.25) is 5.95 Å². The summed E-state index contributed by atoms with van der Waals surface area (Å²) in [5.74, 6) is 0.500. The maximum atomic E-state index is 10.5. The smallest absolute Gasteiger partial charge is 0.238 e. The molecule has 0 unspecified atom stereocenters. The average Bonchev–Trinajstić information content (AvgIpc) is 3.96. The van der Waals surface area contributed by atoms with Gasteiger partial charge in [0.1, 0.15) is 11.2 Å². The first-order valence-electron chi connectivity index (χ1n) is 23.3. The van der Waals surface area contributed by atoms with Crippen LogP contribution in [-0.4, -0.2) is 27.6 Å². The number of hydrogen-bond acceptors (Lipinski definition) is 5. The fourth-order valence-corrected chi connectivity index (χ4v) is 14.0. The molecule has 3 aromatic heterocycles. The second kappa shape index (κ2) is 15.6. The summed E-state index contributed by atoms with van der Waals surface area (Å²) in [7, 11) is -3.62. The summed E-state index contributed by atoms with van der Waals surface area (Å²) in [5.41, 5.74) is 5.92. The maximum Gasteiger partial charge on any atom is 0.238 e. The van der Waals surface area contributed by atoms with Crippen molar-refractivity contribution < 1.29 is 9.90 Å². The first kappa shape index (κ1) is 33.9. The van der Waals surface area contributed by atoms with Crippen molar-refractivity contribution in [3.8, 4) is 45.9 Å². The van der Waals surface area contributed by atoms with Crippen LogP contribution in [0.3, 0.4) is 0 Å². The molecule has 304 valence electrons. The number of hydrogen-bond donors (Lipinski definition) is 0. The molecule has 0 aliphatic carbocycles. The average molecular weight is 852 g/mol. The van der Waals surface area contributed by atoms with E-state index in [4.69, 9.17) is 19.4 Å². The third-order valence-corrected chi connectivity index (χ3v) is 16.9. The van der Waals surface area contributed by atoms with Crippen molar-refractivity contribution in [2.24, 2.45) is 0 Å². The second-order valence-corrected chi connectivity index (χ2v) is 19.6. The molecule has 3 heterocycles. The van der Waals surface area contributed by atoms with Crippen LogP contribution in [0.1, 0.15) is 11.0 Å². The summed E-state index contributed by atoms with van der Waals surface area (Å²) < 4.78 is 48.0. The molecule has 0 aliphatic heterocycles. The monoisotopic (exact) mass is 851 g/mol. The van der Waals surface area contributed by atoms with Crippen LogP contribution in [-0.2, 0) is 0 Å². The number of para-hydroxylation sites is 2. The van der Waals surface area contributed by atoms with E-state index in [1.54, 1.807) is 6.07 Å². The number of nitrogens with zero attached hydrogens (tertiary/aromatic N) is 5. The Balaban J connectivity index is 1.20. The van der Waals surface area contributed by atoms with Crippen molar-refractivity contribution in [3.05, 3.63) is 230 Å². The molecule has 0 bridgehead atoms. The summed E-state index contributed by atoms with van der Waals surface area (Å²) in [6, 6.07) is 66.5. The summed E-state index contributed by atoms with van der Waals surface area (Å²) in [6.07, 6.45) is 0. The lowest BCUT2D eigenvalue weighted by molar-refractivity contribution is 0.669. The Morgan fingerprint density at radius 1 is 0.492 bits per heavy atom. The molecule has 0 spiro atoms. The standard InChI is InChI=1S/C58H37N5OSi/c59-38-39-34-35-52-50(36-39)46-27-12-14-31-51(46)63(52)58-61-56(60-57(62-58)48-28-11-10-26-45(48)47-30-17-33-54-55(47)49-29-13-15-32-53(49)64-54)40-18-16-25-44(37-40)65(41-19-4-1-5-20-41,42-21-6-2-7-22-42)43-23-8-3-9-24-43/h1-37H/i16D,18D,25D,37D. The number of nitriles is 1. The predicted octanol–water partition coefficient (Wildman–Crippen LogP) is 11.1. The predicted molar refractivity (Wildman–Crippen MR) is 266 cm³/mol. The van der Waals surface area contributed by atoms with Gasteiger partial charge in [-0.1, -0.05) is 188 Å². The van der Waals surface area contributed by atoms with Crippen molar-refractivity contribution in [3.63, 3.8) is 0 Å². The van der Waals surface area contributed by atoms with E-state index in [1.807, 2.05) is 193 Å². The summed E-state index contributed by atoms with van der Waals surface area (Å²) in [6.45, 7) is 0. The van der Waals surface area contributed by atoms with E-state index in [0.717, 1.165) is 70.4 Å². The van der Waals surface area contributed by atoms with Crippen molar-refractivity contribution in [1.82, 2.24) is 19.5 Å². The van der Waals surface area contributed by atoms with E-state index in [1.165, 1.54) is 0 Å². The molecule has 0 saturated carbocycles. The molecule has 12 rings (SSSR count). The van der Waals surface area contributed by atoms with Gasteiger partial charge >= 0.3 is 0 Å². The highest BCUT2D eigenvalue weighted by atomic mass is 28.3. The van der Waals surface area contributed by atoms with Crippen molar-refractivity contribution in [2.75, 3.05) is 0 Å². The third kappa shape index (κ3) is 6.19. The van der Waals surface area contributed by atoms with Crippen molar-refractivity contribution in [2.45, 2.75) is 0 Å². The zero-order valence-corrected chi connectivity index (χ0v) is 35.7. The van der Waals surface area contributed by atoms with Crippen molar-refractivity contribution in [1.29, 1.82) is 5.26 Å². The molecular weight excluding hydrogens is 811 g/mol. The molecule has 6 nitrogen and oxygen atoms in total. The van der Waals surface area contributed by atoms with Crippen LogP contribution in [0.15, 0.2) is 229 Å². The number of benzene rings is 9. The first-order valence-corrected chi connectivity index (χ1v) is 23.3. The Labute approximate surface area is 381 Å². The minimum Gasteiger partial charge on any atom is -0.456 e. The number of furan rings is 1. The summed E-state index contributed by atoms with van der Waals surface area (Å²) in [5, 5.41) is 16.7. The Bertz CT molecular complexity index is 3940. The number of fused-ring (bicyclic) bond motifs is 6. The van der Waals surface area contributed by atoms with Gasteiger partial charge in [0.15, 0.2) is 19.7 Å². The molecule has 0 amide bonds. The molecule has 12 aromatic rings. The molecule has 7 heteroatoms. The van der Waals surface area contributed by atoms with Crippen LogP contribution in [0.25, 0.3) is 83.6 Å². The molecule has 0 fully saturated rings. The first-order chi connectivity index (χ1) is 33.9. The lowest BCUT2D eigenvalue weighted by Crippen LogP contribution is -2.74. The number of aromatic nitrogens is 4. The van der Waals surface area contributed by atoms with E-state index in [9.17, 15) is 10.7 Å². The van der Waals surface area contributed by atoms with Crippen LogP contribution >= 0.6 is 0 Å². The summed E-state index contributed by atoms with van der Waals surface area (Å²) in [4.78, 5) is 15.8. The van der Waals surface area contributed by atoms with Gasteiger partial charge in [-0.15, -0.1) is 0 Å². The van der Waals surface area contributed by atoms with Crippen LogP contribution < -0.4 is 20.7 Å². The quantitative estimate of drug-likeness (QED) is 0.112. The molecule has 0 radical (unpaired) electrons. The maximum absolute atomic E-state index is 10.5. The van der Waals surface area contributed by atoms with Crippen LogP contribution in [0, 0.1) is 11.3 Å². The highest BCUT2D eigenvalue weighted by Crippen LogP contribution is 2.41. The van der Waals surface area contributed by atoms with E-state index in [2.05, 4.69) is 12.1 Å². The molecule has 0 N–H and O–H groups in total. The van der Waals surface area contributed by atoms with Gasteiger partial charge in [-0.3, -0.25) is 4.57 Å². The number of rotatable bonds is 8. The highest BCUT2D eigenvalue weighted by molar-refractivity contribution is 7.19. The highest BCUT2D eigenvalue weighted by Gasteiger charge is 2.41. The van der Waals surface area contributed by atoms with Gasteiger partial charge in [0.05, 0.1) is 28.1 Å². The summed E-state index contributed by atoms with van der Waals surface area (Å²) >= 11 is 0. The van der Waals surface area contributed by atoms with Crippen LogP contribution in [0.4, 0.5) is 0 Å². The van der Waals surface area contributed by atoms with Crippen molar-refractivity contribution >= 4 is 72.6 Å². The van der Waals surface area contributed by atoms with E-state index in [0.29, 0.717) is 16.3 Å². The van der Waals surface area contributed by atoms with Crippen LogP contribution in [0.5, 0.6) is 0 Å². The molecule has 9 aromatic carbocycles. The minimum atomic E-state index is -3.62. The largest absolute Gasteiger partial charge is 0.456 e. The Kier molecular flexibility index (Phi) is 8.12. The normalized spacial score (nSPS) is 12.5. The van der Waals surface area contributed by atoms with Gasteiger partial charge in [-0.05, 0) is 68.3 Å². The van der Waals surface area contributed by atoms with Crippen LogP contribution in [0.2, 0.25) is 0 Å². The molecule has 0 aliphatic rings. The van der Waals surface area contributed by atoms with Gasteiger partial charge < -0.3 is 4.42 Å². The van der Waals surface area contributed by atoms with Gasteiger partial charge in [0.25, 0.3) is 0 Å². The minimum absolute atomic E-state index is 0.0122. The zero-order chi connectivity index (χ0) is 46.8.